The number of aromatic nitrogens is 2. The Balaban J connectivity index is 1.59. The lowest BCUT2D eigenvalue weighted by molar-refractivity contribution is -0.330. The standard InChI is InChI=1S/C24H24N4O3S/c1-3-28(4-2)32(30,31)18-15-13-17(14-16-18)24(29)27-20-10-6-5-9-19(20)23-25-21-11-7-8-12-22(21)26-23/h5-16H,3-4H2,1-2H3,(H,25,26)(H,27,29)/p+1. The molecule has 0 atom stereocenters. The molecule has 8 heteroatoms. The Hall–Kier alpha value is -3.49. The number of carbonyl (C=O) groups excluding carboxylic acids is 1. The van der Waals surface area contributed by atoms with Gasteiger partial charge in [-0.3, -0.25) is 4.79 Å². The normalized spacial score (nSPS) is 11.7. The van der Waals surface area contributed by atoms with Gasteiger partial charge in [-0.2, -0.15) is 4.31 Å². The summed E-state index contributed by atoms with van der Waals surface area (Å²) in [5.74, 6) is 0.461. The largest absolute Gasteiger partial charge is 0.321 e. The highest BCUT2D eigenvalue weighted by Gasteiger charge is 2.22. The van der Waals surface area contributed by atoms with E-state index in [2.05, 4.69) is 15.3 Å². The third-order valence-electron chi connectivity index (χ3n) is 5.35. The number of hydrogen-bond acceptors (Lipinski definition) is 3. The minimum Gasteiger partial charge on any atom is -0.321 e. The molecular formula is C24H25N4O3S+. The predicted molar refractivity (Wildman–Crippen MR) is 125 cm³/mol. The van der Waals surface area contributed by atoms with E-state index >= 15 is 0 Å². The molecule has 4 rings (SSSR count). The molecule has 3 aromatic carbocycles. The summed E-state index contributed by atoms with van der Waals surface area (Å²) >= 11 is 0. The van der Waals surface area contributed by atoms with E-state index in [0.717, 1.165) is 22.4 Å². The number of carbonyl (C=O) groups is 1. The minimum absolute atomic E-state index is 0.172. The van der Waals surface area contributed by atoms with E-state index in [1.807, 2.05) is 48.5 Å². The number of sulfonamides is 1. The number of amides is 1. The molecule has 0 aliphatic carbocycles. The fourth-order valence-corrected chi connectivity index (χ4v) is 5.09. The summed E-state index contributed by atoms with van der Waals surface area (Å²) in [4.78, 5) is 19.7. The first-order valence-electron chi connectivity index (χ1n) is 10.4. The van der Waals surface area contributed by atoms with Crippen molar-refractivity contribution in [2.75, 3.05) is 18.4 Å². The number of para-hydroxylation sites is 3. The average Bonchev–Trinajstić information content (AvgIpc) is 3.24. The first-order chi connectivity index (χ1) is 15.4. The van der Waals surface area contributed by atoms with Gasteiger partial charge in [0.25, 0.3) is 11.7 Å². The summed E-state index contributed by atoms with van der Waals surface area (Å²) < 4.78 is 26.7. The van der Waals surface area contributed by atoms with Crippen molar-refractivity contribution in [2.24, 2.45) is 0 Å². The Morgan fingerprint density at radius 3 is 2.28 bits per heavy atom. The maximum atomic E-state index is 12.9. The Labute approximate surface area is 187 Å². The number of nitrogens with zero attached hydrogens (tertiary/aromatic N) is 1. The van der Waals surface area contributed by atoms with Gasteiger partial charge in [0.2, 0.25) is 10.0 Å². The fraction of sp³-hybridized carbons (Fsp3) is 0.167. The topological polar surface area (TPSA) is 96.4 Å². The van der Waals surface area contributed by atoms with Crippen LogP contribution in [0.5, 0.6) is 0 Å². The second-order valence-corrected chi connectivity index (χ2v) is 9.22. The van der Waals surface area contributed by atoms with Gasteiger partial charge in [-0.15, -0.1) is 0 Å². The van der Waals surface area contributed by atoms with E-state index in [0.29, 0.717) is 24.3 Å². The average molecular weight is 450 g/mol. The number of fused-ring (bicyclic) bond motifs is 1. The van der Waals surface area contributed by atoms with E-state index < -0.39 is 10.0 Å². The highest BCUT2D eigenvalue weighted by atomic mass is 32.2. The van der Waals surface area contributed by atoms with Crippen LogP contribution in [0.3, 0.4) is 0 Å². The SMILES string of the molecule is CCN(CC)S(=O)(=O)c1ccc(C(=O)Nc2ccccc2-c2[nH]c3ccccc3[nH+]2)cc1. The maximum Gasteiger partial charge on any atom is 0.287 e. The van der Waals surface area contributed by atoms with Gasteiger partial charge in [0.1, 0.15) is 0 Å². The smallest absolute Gasteiger partial charge is 0.287 e. The summed E-state index contributed by atoms with van der Waals surface area (Å²) in [6, 6.07) is 21.4. The molecule has 32 heavy (non-hydrogen) atoms. The zero-order chi connectivity index (χ0) is 22.7. The van der Waals surface area contributed by atoms with Crippen LogP contribution in [-0.4, -0.2) is 36.7 Å². The molecule has 7 nitrogen and oxygen atoms in total. The van der Waals surface area contributed by atoms with Crippen molar-refractivity contribution in [3.63, 3.8) is 0 Å². The van der Waals surface area contributed by atoms with Crippen LogP contribution in [0.15, 0.2) is 77.7 Å². The Kier molecular flexibility index (Phi) is 6.07. The van der Waals surface area contributed by atoms with Gasteiger partial charge in [-0.25, -0.2) is 18.4 Å². The van der Waals surface area contributed by atoms with Crippen molar-refractivity contribution in [3.05, 3.63) is 78.4 Å². The Morgan fingerprint density at radius 1 is 0.938 bits per heavy atom. The van der Waals surface area contributed by atoms with E-state index in [-0.39, 0.29) is 10.8 Å². The van der Waals surface area contributed by atoms with Crippen LogP contribution in [0.4, 0.5) is 5.69 Å². The zero-order valence-corrected chi connectivity index (χ0v) is 18.7. The van der Waals surface area contributed by atoms with Crippen LogP contribution >= 0.6 is 0 Å². The lowest BCUT2D eigenvalue weighted by Gasteiger charge is -2.18. The number of nitrogens with one attached hydrogen (secondary N) is 3. The highest BCUT2D eigenvalue weighted by Crippen LogP contribution is 2.26. The number of benzene rings is 3. The summed E-state index contributed by atoms with van der Waals surface area (Å²) in [5, 5.41) is 2.93. The maximum absolute atomic E-state index is 12.9. The number of rotatable bonds is 7. The van der Waals surface area contributed by atoms with Crippen molar-refractivity contribution < 1.29 is 18.2 Å². The molecule has 3 N–H and O–H groups in total. The molecule has 0 radical (unpaired) electrons. The second-order valence-electron chi connectivity index (χ2n) is 7.28. The summed E-state index contributed by atoms with van der Waals surface area (Å²) in [7, 11) is -3.56. The summed E-state index contributed by atoms with van der Waals surface area (Å²) in [5.41, 5.74) is 3.76. The highest BCUT2D eigenvalue weighted by molar-refractivity contribution is 7.89. The molecule has 0 unspecified atom stereocenters. The van der Waals surface area contributed by atoms with Crippen LogP contribution < -0.4 is 10.3 Å². The number of anilines is 1. The molecule has 0 fully saturated rings. The lowest BCUT2D eigenvalue weighted by atomic mass is 10.1. The Bertz CT molecular complexity index is 1320. The number of H-pyrrole nitrogens is 2. The van der Waals surface area contributed by atoms with Gasteiger partial charge in [0, 0.05) is 18.7 Å². The molecule has 164 valence electrons. The molecule has 1 aromatic heterocycles. The zero-order valence-electron chi connectivity index (χ0n) is 17.9. The molecule has 1 amide bonds. The van der Waals surface area contributed by atoms with Crippen LogP contribution in [-0.2, 0) is 10.0 Å². The molecule has 0 saturated carbocycles. The molecule has 0 saturated heterocycles. The number of imidazole rings is 1. The quantitative estimate of drug-likeness (QED) is 0.447. The van der Waals surface area contributed by atoms with Crippen LogP contribution in [0, 0.1) is 0 Å². The molecular weight excluding hydrogens is 424 g/mol. The third kappa shape index (κ3) is 4.15. The second kappa shape index (κ2) is 8.94. The van der Waals surface area contributed by atoms with Crippen molar-refractivity contribution in [3.8, 4) is 11.4 Å². The van der Waals surface area contributed by atoms with Crippen molar-refractivity contribution in [1.82, 2.24) is 9.29 Å². The fourth-order valence-electron chi connectivity index (χ4n) is 3.63. The first kappa shape index (κ1) is 21.7. The molecule has 0 aliphatic heterocycles. The van der Waals surface area contributed by atoms with E-state index in [4.69, 9.17) is 0 Å². The van der Waals surface area contributed by atoms with Gasteiger partial charge >= 0.3 is 0 Å². The molecule has 4 aromatic rings. The van der Waals surface area contributed by atoms with Crippen molar-refractivity contribution in [2.45, 2.75) is 18.7 Å². The van der Waals surface area contributed by atoms with Crippen LogP contribution in [0.25, 0.3) is 22.4 Å². The van der Waals surface area contributed by atoms with E-state index in [9.17, 15) is 13.2 Å². The van der Waals surface area contributed by atoms with Gasteiger partial charge in [-0.1, -0.05) is 38.1 Å². The van der Waals surface area contributed by atoms with E-state index in [1.165, 1.54) is 28.6 Å². The van der Waals surface area contributed by atoms with Gasteiger partial charge in [0.15, 0.2) is 11.0 Å². The molecule has 1 heterocycles. The number of hydrogen-bond donors (Lipinski definition) is 2. The first-order valence-corrected chi connectivity index (χ1v) is 11.9. The lowest BCUT2D eigenvalue weighted by Crippen LogP contribution is -2.30. The Morgan fingerprint density at radius 2 is 1.59 bits per heavy atom. The third-order valence-corrected chi connectivity index (χ3v) is 7.41. The minimum atomic E-state index is -3.56. The van der Waals surface area contributed by atoms with Crippen molar-refractivity contribution >= 4 is 32.7 Å². The summed E-state index contributed by atoms with van der Waals surface area (Å²) in [6.45, 7) is 4.38. The monoisotopic (exact) mass is 449 g/mol. The molecule has 0 spiro atoms. The van der Waals surface area contributed by atoms with Crippen LogP contribution in [0.2, 0.25) is 0 Å². The molecule has 0 aliphatic rings. The van der Waals surface area contributed by atoms with Gasteiger partial charge in [0.05, 0.1) is 16.1 Å². The number of aromatic amines is 2. The summed E-state index contributed by atoms with van der Waals surface area (Å²) in [6.07, 6.45) is 0. The van der Waals surface area contributed by atoms with Crippen LogP contribution in [0.1, 0.15) is 24.2 Å². The predicted octanol–water partition coefficient (Wildman–Crippen LogP) is 3.93. The van der Waals surface area contributed by atoms with E-state index in [1.54, 1.807) is 13.8 Å². The van der Waals surface area contributed by atoms with Crippen molar-refractivity contribution in [1.29, 1.82) is 0 Å². The molecule has 0 bridgehead atoms. The van der Waals surface area contributed by atoms with Gasteiger partial charge in [-0.05, 0) is 48.5 Å². The van der Waals surface area contributed by atoms with Gasteiger partial charge < -0.3 is 5.32 Å².